The molecule has 0 aromatic heterocycles. The first kappa shape index (κ1) is 41.6. The Kier molecular flexibility index (Phi) is 30.2. The van der Waals surface area contributed by atoms with Crippen molar-refractivity contribution >= 4 is 11.9 Å². The second-order valence-electron chi connectivity index (χ2n) is 11.7. The van der Waals surface area contributed by atoms with Crippen molar-refractivity contribution in [2.45, 2.75) is 149 Å². The first-order valence-electron chi connectivity index (χ1n) is 17.3. The number of hydrogen-bond donors (Lipinski definition) is 2. The highest BCUT2D eigenvalue weighted by molar-refractivity contribution is 5.69. The molecule has 0 fully saturated rings. The third-order valence-electron chi connectivity index (χ3n) is 7.41. The maximum atomic E-state index is 11.9. The van der Waals surface area contributed by atoms with E-state index in [0.29, 0.717) is 19.3 Å². The van der Waals surface area contributed by atoms with E-state index in [2.05, 4.69) is 57.2 Å². The lowest BCUT2D eigenvalue weighted by atomic mass is 9.99. The van der Waals surface area contributed by atoms with Crippen LogP contribution in [0.15, 0.2) is 60.8 Å². The van der Waals surface area contributed by atoms with E-state index in [1.165, 1.54) is 44.9 Å². The van der Waals surface area contributed by atoms with E-state index >= 15 is 0 Å². The number of ether oxygens (including phenoxy) is 2. The zero-order valence-electron chi connectivity index (χ0n) is 28.2. The van der Waals surface area contributed by atoms with Crippen molar-refractivity contribution < 1.29 is 29.3 Å². The van der Waals surface area contributed by atoms with Gasteiger partial charge in [0.1, 0.15) is 19.3 Å². The van der Waals surface area contributed by atoms with Crippen molar-refractivity contribution in [3.8, 4) is 0 Å². The van der Waals surface area contributed by atoms with Gasteiger partial charge in [-0.2, -0.15) is 0 Å². The average Bonchev–Trinajstić information content (AvgIpc) is 3.01. The summed E-state index contributed by atoms with van der Waals surface area (Å²) >= 11 is 0. The Bertz CT molecular complexity index is 825. The van der Waals surface area contributed by atoms with Crippen LogP contribution in [-0.2, 0) is 19.1 Å². The molecule has 44 heavy (non-hydrogen) atoms. The molecule has 2 unspecified atom stereocenters. The fourth-order valence-corrected chi connectivity index (χ4v) is 4.38. The summed E-state index contributed by atoms with van der Waals surface area (Å²) in [6, 6.07) is 0. The first-order valence-corrected chi connectivity index (χ1v) is 17.3. The van der Waals surface area contributed by atoms with Gasteiger partial charge in [0.05, 0.1) is 6.10 Å². The molecular formula is C38H64O6. The van der Waals surface area contributed by atoms with Gasteiger partial charge in [-0.05, 0) is 50.9 Å². The van der Waals surface area contributed by atoms with Gasteiger partial charge in [-0.3, -0.25) is 9.59 Å². The summed E-state index contributed by atoms with van der Waals surface area (Å²) in [7, 11) is 0. The Morgan fingerprint density at radius 2 is 1.11 bits per heavy atom. The van der Waals surface area contributed by atoms with Crippen LogP contribution >= 0.6 is 0 Å². The first-order chi connectivity index (χ1) is 21.4. The Labute approximate surface area is 269 Å². The molecule has 0 rings (SSSR count). The lowest BCUT2D eigenvalue weighted by Gasteiger charge is -2.12. The second-order valence-corrected chi connectivity index (χ2v) is 11.7. The molecule has 0 radical (unpaired) electrons. The number of allylic oxidation sites excluding steroid dienone is 9. The number of aliphatic hydroxyl groups is 2. The maximum Gasteiger partial charge on any atom is 0.305 e. The number of aliphatic hydroxyl groups excluding tert-OH is 2. The van der Waals surface area contributed by atoms with Crippen LogP contribution < -0.4 is 0 Å². The van der Waals surface area contributed by atoms with Crippen LogP contribution in [-0.4, -0.2) is 47.6 Å². The molecule has 0 bridgehead atoms. The molecular weight excluding hydrogens is 552 g/mol. The van der Waals surface area contributed by atoms with E-state index in [1.54, 1.807) is 6.08 Å². The van der Waals surface area contributed by atoms with Crippen molar-refractivity contribution in [1.82, 2.24) is 0 Å². The Balaban J connectivity index is 3.71. The molecule has 0 aromatic carbocycles. The molecule has 0 aliphatic rings. The van der Waals surface area contributed by atoms with Crippen LogP contribution in [0.25, 0.3) is 0 Å². The zero-order valence-corrected chi connectivity index (χ0v) is 28.2. The predicted molar refractivity (Wildman–Crippen MR) is 183 cm³/mol. The molecule has 2 N–H and O–H groups in total. The normalized spacial score (nSPS) is 14.4. The Morgan fingerprint density at radius 1 is 0.614 bits per heavy atom. The number of carbonyl (C=O) groups is 2. The summed E-state index contributed by atoms with van der Waals surface area (Å²) in [5, 5.41) is 20.0. The highest BCUT2D eigenvalue weighted by Crippen LogP contribution is 2.15. The second kappa shape index (κ2) is 32.0. The number of unbranched alkanes of at least 4 members (excludes halogenated alkanes) is 7. The number of hydrogen-bond acceptors (Lipinski definition) is 6. The van der Waals surface area contributed by atoms with Crippen molar-refractivity contribution in [1.29, 1.82) is 0 Å². The largest absolute Gasteiger partial charge is 0.463 e. The molecule has 0 saturated carbocycles. The van der Waals surface area contributed by atoms with E-state index in [9.17, 15) is 19.8 Å². The molecule has 3 atom stereocenters. The molecule has 0 aliphatic heterocycles. The molecule has 252 valence electrons. The van der Waals surface area contributed by atoms with Gasteiger partial charge in [-0.1, -0.05) is 139 Å². The minimum atomic E-state index is -1.04. The van der Waals surface area contributed by atoms with Crippen molar-refractivity contribution in [2.75, 3.05) is 13.2 Å². The summed E-state index contributed by atoms with van der Waals surface area (Å²) < 4.78 is 10.2. The summed E-state index contributed by atoms with van der Waals surface area (Å²) in [6.45, 7) is 6.32. The third-order valence-corrected chi connectivity index (χ3v) is 7.41. The van der Waals surface area contributed by atoms with Crippen LogP contribution in [0.3, 0.4) is 0 Å². The van der Waals surface area contributed by atoms with Crippen LogP contribution in [0, 0.1) is 5.92 Å². The lowest BCUT2D eigenvalue weighted by Crippen LogP contribution is -2.25. The summed E-state index contributed by atoms with van der Waals surface area (Å²) in [4.78, 5) is 23.8. The van der Waals surface area contributed by atoms with Gasteiger partial charge in [-0.25, -0.2) is 0 Å². The molecule has 0 aromatic rings. The fourth-order valence-electron chi connectivity index (χ4n) is 4.38. The van der Waals surface area contributed by atoms with Gasteiger partial charge in [0, 0.05) is 12.8 Å². The smallest absolute Gasteiger partial charge is 0.305 e. The van der Waals surface area contributed by atoms with E-state index in [4.69, 9.17) is 9.47 Å². The van der Waals surface area contributed by atoms with Gasteiger partial charge in [0.15, 0.2) is 0 Å². The van der Waals surface area contributed by atoms with Gasteiger partial charge in [0.2, 0.25) is 0 Å². The topological polar surface area (TPSA) is 93.1 Å². The van der Waals surface area contributed by atoms with E-state index in [-0.39, 0.29) is 25.6 Å². The highest BCUT2D eigenvalue weighted by atomic mass is 16.6. The fraction of sp³-hybridized carbons (Fsp3) is 0.684. The summed E-state index contributed by atoms with van der Waals surface area (Å²) in [5.41, 5.74) is 0. The van der Waals surface area contributed by atoms with Crippen molar-refractivity contribution in [3.63, 3.8) is 0 Å². The molecule has 0 aliphatic carbocycles. The number of carbonyl (C=O) groups excluding carboxylic acids is 2. The van der Waals surface area contributed by atoms with Crippen molar-refractivity contribution in [2.24, 2.45) is 5.92 Å². The summed E-state index contributed by atoms with van der Waals surface area (Å²) in [6.07, 6.45) is 35.9. The van der Waals surface area contributed by atoms with Crippen LogP contribution in [0.4, 0.5) is 0 Å². The number of rotatable bonds is 29. The molecule has 0 heterocycles. The quantitative estimate of drug-likeness (QED) is 0.0377. The lowest BCUT2D eigenvalue weighted by molar-refractivity contribution is -0.152. The minimum Gasteiger partial charge on any atom is -0.463 e. The van der Waals surface area contributed by atoms with Gasteiger partial charge in [-0.15, -0.1) is 0 Å². The zero-order chi connectivity index (χ0) is 32.5. The highest BCUT2D eigenvalue weighted by Gasteiger charge is 2.12. The molecule has 6 nitrogen and oxygen atoms in total. The molecule has 0 spiro atoms. The van der Waals surface area contributed by atoms with Crippen LogP contribution in [0.1, 0.15) is 136 Å². The average molecular weight is 617 g/mol. The van der Waals surface area contributed by atoms with Crippen LogP contribution in [0.5, 0.6) is 0 Å². The van der Waals surface area contributed by atoms with Gasteiger partial charge < -0.3 is 19.7 Å². The van der Waals surface area contributed by atoms with Gasteiger partial charge in [0.25, 0.3) is 0 Å². The van der Waals surface area contributed by atoms with Crippen LogP contribution in [0.2, 0.25) is 0 Å². The van der Waals surface area contributed by atoms with E-state index in [1.807, 2.05) is 18.2 Å². The molecule has 0 saturated heterocycles. The van der Waals surface area contributed by atoms with Gasteiger partial charge >= 0.3 is 11.9 Å². The summed E-state index contributed by atoms with van der Waals surface area (Å²) in [5.74, 6) is 0.0758. The Hall–Kier alpha value is -2.44. The maximum absolute atomic E-state index is 11.9. The predicted octanol–water partition coefficient (Wildman–Crippen LogP) is 9.27. The van der Waals surface area contributed by atoms with E-state index in [0.717, 1.165) is 50.9 Å². The molecule has 0 amide bonds. The SMILES string of the molecule is CC/C=C\C/C=C\C/C=C\C/C=C\C=C\C(O)CCCC(=O)OC[C@@H](O)COC(=O)CCCCCCCCCCC(C)CC. The molecule has 6 heteroatoms. The number of esters is 2. The minimum absolute atomic E-state index is 0.152. The standard InChI is InChI=1S/C38H64O6/c1-4-6-7-8-9-10-11-12-13-14-18-21-24-28-35(39)29-26-31-38(42)44-33-36(40)32-43-37(41)30-25-22-19-16-15-17-20-23-27-34(3)5-2/h6-7,9-10,12-13,18,21,24,28,34-36,39-40H,4-5,8,11,14-17,19-20,22-23,25-27,29-33H2,1-3H3/b7-6-,10-9-,13-12-,21-18-,28-24+/t34?,35?,36-/m0/s1. The third kappa shape index (κ3) is 31.0. The monoisotopic (exact) mass is 616 g/mol. The van der Waals surface area contributed by atoms with E-state index < -0.39 is 18.2 Å². The Morgan fingerprint density at radius 3 is 1.68 bits per heavy atom. The van der Waals surface area contributed by atoms with Crippen molar-refractivity contribution in [3.05, 3.63) is 60.8 Å².